The van der Waals surface area contributed by atoms with Gasteiger partial charge in [0.05, 0.1) is 5.75 Å². The van der Waals surface area contributed by atoms with E-state index in [1.807, 2.05) is 23.6 Å². The Bertz CT molecular complexity index is 933. The van der Waals surface area contributed by atoms with Crippen LogP contribution in [0.1, 0.15) is 39.1 Å². The highest BCUT2D eigenvalue weighted by molar-refractivity contribution is 7.99. The zero-order valence-corrected chi connectivity index (χ0v) is 18.5. The van der Waals surface area contributed by atoms with Crippen molar-refractivity contribution in [2.75, 3.05) is 11.1 Å². The first-order valence-electron chi connectivity index (χ1n) is 9.21. The number of amides is 1. The van der Waals surface area contributed by atoms with E-state index in [4.69, 9.17) is 4.74 Å². The molecule has 0 aliphatic rings. The number of nitrogens with one attached hydrogen (secondary N) is 1. The summed E-state index contributed by atoms with van der Waals surface area (Å²) in [7, 11) is 0. The van der Waals surface area contributed by atoms with E-state index in [0.29, 0.717) is 23.4 Å². The number of hydrogen-bond donors (Lipinski definition) is 1. The average Bonchev–Trinajstić information content (AvgIpc) is 3.33. The number of ether oxygens (including phenoxy) is 1. The van der Waals surface area contributed by atoms with E-state index in [9.17, 15) is 4.79 Å². The maximum atomic E-state index is 12.0. The predicted molar refractivity (Wildman–Crippen MR) is 114 cm³/mol. The lowest BCUT2D eigenvalue weighted by atomic mass is 9.87. The van der Waals surface area contributed by atoms with Gasteiger partial charge in [0.25, 0.3) is 0 Å². The Morgan fingerprint density at radius 2 is 1.97 bits per heavy atom. The molecule has 1 N–H and O–H groups in total. The molecule has 0 radical (unpaired) electrons. The highest BCUT2D eigenvalue weighted by atomic mass is 32.2. The third-order valence-corrected chi connectivity index (χ3v) is 5.71. The fourth-order valence-electron chi connectivity index (χ4n) is 2.56. The number of thioether (sulfide) groups is 1. The Balaban J connectivity index is 1.57. The highest BCUT2D eigenvalue weighted by Crippen LogP contribution is 2.25. The van der Waals surface area contributed by atoms with Crippen LogP contribution in [0.4, 0.5) is 5.13 Å². The fraction of sp³-hybridized carbons (Fsp3) is 0.421. The molecule has 0 saturated carbocycles. The van der Waals surface area contributed by atoms with E-state index in [-0.39, 0.29) is 17.1 Å². The lowest BCUT2D eigenvalue weighted by Crippen LogP contribution is -2.14. The van der Waals surface area contributed by atoms with Crippen LogP contribution in [0.2, 0.25) is 0 Å². The van der Waals surface area contributed by atoms with Crippen LogP contribution in [0.25, 0.3) is 0 Å². The van der Waals surface area contributed by atoms with E-state index in [0.717, 1.165) is 11.6 Å². The van der Waals surface area contributed by atoms with Gasteiger partial charge in [-0.3, -0.25) is 10.1 Å². The van der Waals surface area contributed by atoms with Crippen molar-refractivity contribution in [2.45, 2.75) is 51.4 Å². The number of aromatic nitrogens is 5. The maximum Gasteiger partial charge on any atom is 0.236 e. The third kappa shape index (κ3) is 5.77. The van der Waals surface area contributed by atoms with Crippen molar-refractivity contribution in [1.29, 1.82) is 0 Å². The summed E-state index contributed by atoms with van der Waals surface area (Å²) in [5, 5.41) is 19.8. The number of rotatable bonds is 8. The molecule has 0 spiro atoms. The van der Waals surface area contributed by atoms with E-state index < -0.39 is 0 Å². The number of carbonyl (C=O) groups is 1. The second-order valence-electron chi connectivity index (χ2n) is 7.29. The van der Waals surface area contributed by atoms with Crippen LogP contribution in [0.15, 0.2) is 34.9 Å². The number of nitrogens with zero attached hydrogens (tertiary/aromatic N) is 5. The topological polar surface area (TPSA) is 94.8 Å². The molecule has 0 fully saturated rings. The Labute approximate surface area is 178 Å². The van der Waals surface area contributed by atoms with Crippen LogP contribution in [-0.4, -0.2) is 36.6 Å². The molecule has 0 unspecified atom stereocenters. The summed E-state index contributed by atoms with van der Waals surface area (Å²) in [5.74, 6) is 1.56. The van der Waals surface area contributed by atoms with Gasteiger partial charge >= 0.3 is 0 Å². The second-order valence-corrected chi connectivity index (χ2v) is 9.06. The second kappa shape index (κ2) is 9.36. The summed E-state index contributed by atoms with van der Waals surface area (Å²) in [6, 6.07) is 8.11. The van der Waals surface area contributed by atoms with E-state index >= 15 is 0 Å². The molecule has 3 aromatic rings. The molecule has 1 amide bonds. The first-order chi connectivity index (χ1) is 13.9. The van der Waals surface area contributed by atoms with Crippen LogP contribution >= 0.6 is 23.1 Å². The smallest absolute Gasteiger partial charge is 0.236 e. The normalized spacial score (nSPS) is 11.4. The summed E-state index contributed by atoms with van der Waals surface area (Å²) < 4.78 is 7.84. The van der Waals surface area contributed by atoms with E-state index in [1.165, 1.54) is 28.7 Å². The molecule has 8 nitrogen and oxygen atoms in total. The number of carbonyl (C=O) groups excluding carboxylic acids is 1. The molecule has 0 bridgehead atoms. The maximum absolute atomic E-state index is 12.0. The van der Waals surface area contributed by atoms with Gasteiger partial charge in [0, 0.05) is 6.54 Å². The monoisotopic (exact) mass is 432 g/mol. The van der Waals surface area contributed by atoms with Crippen molar-refractivity contribution in [2.24, 2.45) is 0 Å². The van der Waals surface area contributed by atoms with Gasteiger partial charge in [-0.05, 0) is 30.0 Å². The van der Waals surface area contributed by atoms with Crippen molar-refractivity contribution in [1.82, 2.24) is 25.0 Å². The minimum absolute atomic E-state index is 0.107. The van der Waals surface area contributed by atoms with Gasteiger partial charge < -0.3 is 9.30 Å². The molecule has 0 aliphatic carbocycles. The average molecular weight is 433 g/mol. The van der Waals surface area contributed by atoms with Gasteiger partial charge in [0.15, 0.2) is 11.0 Å². The first kappa shape index (κ1) is 21.3. The third-order valence-electron chi connectivity index (χ3n) is 4.14. The molecule has 0 aliphatic heterocycles. The van der Waals surface area contributed by atoms with Crippen molar-refractivity contribution < 1.29 is 9.53 Å². The molecule has 3 rings (SSSR count). The lowest BCUT2D eigenvalue weighted by Gasteiger charge is -2.19. The van der Waals surface area contributed by atoms with Crippen molar-refractivity contribution >= 4 is 34.1 Å². The van der Waals surface area contributed by atoms with Crippen molar-refractivity contribution in [3.05, 3.63) is 41.2 Å². The zero-order valence-electron chi connectivity index (χ0n) is 16.9. The minimum atomic E-state index is -0.158. The van der Waals surface area contributed by atoms with Crippen LogP contribution < -0.4 is 10.1 Å². The van der Waals surface area contributed by atoms with Crippen LogP contribution in [-0.2, 0) is 23.4 Å². The molecule has 154 valence electrons. The summed E-state index contributed by atoms with van der Waals surface area (Å²) in [4.78, 5) is 12.0. The van der Waals surface area contributed by atoms with E-state index in [1.54, 1.807) is 5.51 Å². The molecular weight excluding hydrogens is 408 g/mol. The van der Waals surface area contributed by atoms with Crippen LogP contribution in [0, 0.1) is 0 Å². The van der Waals surface area contributed by atoms with Crippen LogP contribution in [0.3, 0.4) is 0 Å². The Morgan fingerprint density at radius 1 is 1.21 bits per heavy atom. The quantitative estimate of drug-likeness (QED) is 0.542. The van der Waals surface area contributed by atoms with Crippen molar-refractivity contribution in [3.63, 3.8) is 0 Å². The van der Waals surface area contributed by atoms with Crippen LogP contribution in [0.5, 0.6) is 5.75 Å². The molecule has 2 heterocycles. The molecule has 1 aromatic carbocycles. The summed E-state index contributed by atoms with van der Waals surface area (Å²) in [5.41, 5.74) is 2.93. The summed E-state index contributed by atoms with van der Waals surface area (Å²) in [6.07, 6.45) is 0. The number of anilines is 1. The zero-order chi connectivity index (χ0) is 20.9. The Morgan fingerprint density at radius 3 is 2.59 bits per heavy atom. The lowest BCUT2D eigenvalue weighted by molar-refractivity contribution is -0.113. The fourth-order valence-corrected chi connectivity index (χ4v) is 3.84. The Kier molecular flexibility index (Phi) is 6.86. The Hall–Kier alpha value is -2.46. The molecule has 10 heteroatoms. The van der Waals surface area contributed by atoms with E-state index in [2.05, 4.69) is 58.6 Å². The van der Waals surface area contributed by atoms with Gasteiger partial charge in [-0.1, -0.05) is 56.0 Å². The minimum Gasteiger partial charge on any atom is -0.486 e. The number of benzene rings is 1. The standard InChI is InChI=1S/C19H24N6O2S2/c1-5-25-15(10-27-14-8-6-13(7-9-14)19(2,3)4)22-24-18(25)28-11-16(26)21-17-23-20-12-29-17/h6-9,12H,5,10-11H2,1-4H3,(H,21,23,26). The van der Waals surface area contributed by atoms with Gasteiger partial charge in [-0.2, -0.15) is 0 Å². The molecule has 2 aromatic heterocycles. The van der Waals surface area contributed by atoms with Gasteiger partial charge in [0.1, 0.15) is 17.9 Å². The molecule has 0 atom stereocenters. The SMILES string of the molecule is CCn1c(COc2ccc(C(C)(C)C)cc2)nnc1SCC(=O)Nc1nncs1. The van der Waals surface area contributed by atoms with Gasteiger partial charge in [0.2, 0.25) is 11.0 Å². The van der Waals surface area contributed by atoms with Gasteiger partial charge in [-0.15, -0.1) is 20.4 Å². The predicted octanol–water partition coefficient (Wildman–Crippen LogP) is 3.76. The molecule has 29 heavy (non-hydrogen) atoms. The summed E-state index contributed by atoms with van der Waals surface area (Å²) >= 11 is 2.61. The van der Waals surface area contributed by atoms with Gasteiger partial charge in [-0.25, -0.2) is 0 Å². The highest BCUT2D eigenvalue weighted by Gasteiger charge is 2.15. The molecule has 0 saturated heterocycles. The number of hydrogen-bond acceptors (Lipinski definition) is 8. The largest absolute Gasteiger partial charge is 0.486 e. The summed E-state index contributed by atoms with van der Waals surface area (Å²) in [6.45, 7) is 9.55. The van der Waals surface area contributed by atoms with Crippen molar-refractivity contribution in [3.8, 4) is 5.75 Å². The molecular formula is C19H24N6O2S2. The first-order valence-corrected chi connectivity index (χ1v) is 11.1.